The first-order valence-electron chi connectivity index (χ1n) is 39.5. The molecule has 27 heteroatoms. The molecule has 10 aliphatic heterocycles. The summed E-state index contributed by atoms with van der Waals surface area (Å²) in [4.78, 5) is 119. The number of anilines is 10. The number of rotatable bonds is 7. The van der Waals surface area contributed by atoms with Crippen LogP contribution in [-0.4, -0.2) is 227 Å². The molecule has 6 saturated heterocycles. The summed E-state index contributed by atoms with van der Waals surface area (Å²) in [5, 5.41) is 6.13. The maximum Gasteiger partial charge on any atom is 0.329 e. The standard InChI is InChI=1S/C22H23N7O.C21H26N6O.C21H25N5O.C20H23N5O/c1-27(2)16-5-3-4-15(12-16)18-6-7-19-21(25-18)29(17-8-11-28(19)14-17)22(30)26-20-13-23-9-10-24-20;1-15-13-16(5-7-22-15)18-3-4-19-20(23-18)27(17-6-8-26(19)14-17)21(28)25-11-9-24(2)10-12-25;1-14-12-15(8-10-22-14)18-6-7-19-20(24-18)26(17-9-11-25(19)13-17)21(27)23-16-4-2-3-5-16;1-14-12-15(6-8-21-14)17-4-5-18-19(22-17)25(16-7-11-24(18)13-16)20(26)23-9-2-3-10-23/h3-7,9-10,12-13,17H,8,11,14H2,1-2H3,(H,24,26,30);3-5,7,13,17H,6,8-12,14H2,1-2H3;6-8,10,12,16-17H,2-5,9,11,13H2,1H3,(H,23,27);4-6,8,12,16H,2-3,7,9-11,13H2,1H3/t3*17-;16-/m0000/s1. The Morgan fingerprint density at radius 1 is 0.405 bits per heavy atom. The van der Waals surface area contributed by atoms with Gasteiger partial charge in [0, 0.05) is 188 Å². The molecule has 4 atom stereocenters. The second kappa shape index (κ2) is 31.0. The Hall–Kier alpha value is -11.6. The largest absolute Gasteiger partial charge is 0.378 e. The second-order valence-electron chi connectivity index (χ2n) is 31.2. The Labute approximate surface area is 648 Å². The van der Waals surface area contributed by atoms with E-state index in [2.05, 4.69) is 127 Å². The summed E-state index contributed by atoms with van der Waals surface area (Å²) < 4.78 is 0. The quantitative estimate of drug-likeness (QED) is 0.150. The Kier molecular flexibility index (Phi) is 20.2. The van der Waals surface area contributed by atoms with E-state index in [1.807, 2.05) is 133 Å². The van der Waals surface area contributed by atoms with Gasteiger partial charge in [-0.05, 0) is 176 Å². The van der Waals surface area contributed by atoms with Crippen LogP contribution in [0.1, 0.15) is 81.3 Å². The molecule has 1 aliphatic carbocycles. The summed E-state index contributed by atoms with van der Waals surface area (Å²) in [5.41, 5.74) is 15.9. The Bertz CT molecular complexity index is 4950. The third kappa shape index (κ3) is 14.8. The highest BCUT2D eigenvalue weighted by Gasteiger charge is 2.46. The van der Waals surface area contributed by atoms with Gasteiger partial charge in [0.2, 0.25) is 0 Å². The van der Waals surface area contributed by atoms with E-state index in [0.717, 1.165) is 251 Å². The van der Waals surface area contributed by atoms with Gasteiger partial charge in [-0.15, -0.1) is 0 Å². The fourth-order valence-corrected chi connectivity index (χ4v) is 17.6. The molecule has 7 fully saturated rings. The normalized spacial score (nSPS) is 20.3. The molecule has 18 heterocycles. The molecule has 0 unspecified atom stereocenters. The van der Waals surface area contributed by atoms with E-state index in [1.165, 1.54) is 12.8 Å². The number of aromatic nitrogens is 9. The molecule has 0 radical (unpaired) electrons. The van der Waals surface area contributed by atoms with Crippen molar-refractivity contribution < 1.29 is 19.2 Å². The van der Waals surface area contributed by atoms with Crippen molar-refractivity contribution in [2.24, 2.45) is 0 Å². The van der Waals surface area contributed by atoms with Crippen molar-refractivity contribution in [2.75, 3.05) is 162 Å². The predicted molar refractivity (Wildman–Crippen MR) is 436 cm³/mol. The lowest BCUT2D eigenvalue weighted by Gasteiger charge is -2.41. The minimum Gasteiger partial charge on any atom is -0.378 e. The average Bonchev–Trinajstić information content (AvgIpc) is 1.70. The summed E-state index contributed by atoms with van der Waals surface area (Å²) in [5.74, 6) is 3.55. The highest BCUT2D eigenvalue weighted by atomic mass is 16.2. The van der Waals surface area contributed by atoms with Crippen molar-refractivity contribution in [3.05, 3.63) is 163 Å². The number of amides is 8. The fourth-order valence-electron chi connectivity index (χ4n) is 17.6. The highest BCUT2D eigenvalue weighted by Crippen LogP contribution is 2.46. The van der Waals surface area contributed by atoms with Gasteiger partial charge in [-0.1, -0.05) is 25.0 Å². The fraction of sp³-hybridized carbons (Fsp3) is 0.417. The van der Waals surface area contributed by atoms with E-state index in [-0.39, 0.29) is 48.3 Å². The van der Waals surface area contributed by atoms with Crippen LogP contribution in [0.4, 0.5) is 76.7 Å². The van der Waals surface area contributed by atoms with Gasteiger partial charge in [0.15, 0.2) is 29.1 Å². The van der Waals surface area contributed by atoms with Crippen molar-refractivity contribution >= 4 is 81.7 Å². The number of aryl methyl sites for hydroxylation is 3. The Morgan fingerprint density at radius 3 is 1.23 bits per heavy atom. The monoisotopic (exact) mass is 1490 g/mol. The first-order valence-corrected chi connectivity index (χ1v) is 39.5. The van der Waals surface area contributed by atoms with Crippen LogP contribution in [0.25, 0.3) is 45.0 Å². The first-order chi connectivity index (χ1) is 54.1. The minimum absolute atomic E-state index is 0.0188. The molecular formula is C84H97N23O4. The number of benzene rings is 1. The number of pyridine rings is 7. The molecule has 572 valence electrons. The second-order valence-corrected chi connectivity index (χ2v) is 31.2. The zero-order valence-corrected chi connectivity index (χ0v) is 64.2. The molecule has 27 nitrogen and oxygen atoms in total. The lowest BCUT2D eigenvalue weighted by molar-refractivity contribution is 0.157. The summed E-state index contributed by atoms with van der Waals surface area (Å²) in [6.07, 6.45) is 20.8. The van der Waals surface area contributed by atoms with Gasteiger partial charge in [-0.3, -0.25) is 44.9 Å². The predicted octanol–water partition coefficient (Wildman–Crippen LogP) is 12.0. The van der Waals surface area contributed by atoms with Gasteiger partial charge in [0.05, 0.1) is 75.9 Å². The van der Waals surface area contributed by atoms with Gasteiger partial charge in [-0.25, -0.2) is 44.1 Å². The molecule has 20 rings (SSSR count). The van der Waals surface area contributed by atoms with Crippen LogP contribution in [0.2, 0.25) is 0 Å². The number of fused-ring (bicyclic) bond motifs is 16. The number of likely N-dealkylation sites (N-methyl/N-ethyl adjacent to an activating group) is 1. The molecule has 111 heavy (non-hydrogen) atoms. The molecular weight excluding hydrogens is 1400 g/mol. The zero-order valence-electron chi connectivity index (χ0n) is 64.2. The molecule has 2 N–H and O–H groups in total. The lowest BCUT2D eigenvalue weighted by Crippen LogP contribution is -2.56. The topological polar surface area (TPSA) is 247 Å². The number of nitrogens with zero attached hydrogens (tertiary/aromatic N) is 21. The number of carbonyl (C=O) groups is 4. The van der Waals surface area contributed by atoms with Crippen molar-refractivity contribution in [2.45, 2.75) is 115 Å². The van der Waals surface area contributed by atoms with Crippen molar-refractivity contribution in [1.82, 2.24) is 64.9 Å². The highest BCUT2D eigenvalue weighted by molar-refractivity contribution is 6.05. The number of likely N-dealkylation sites (tertiary alicyclic amines) is 1. The summed E-state index contributed by atoms with van der Waals surface area (Å²) in [6, 6.07) is 38.0. The number of urea groups is 4. The van der Waals surface area contributed by atoms with Gasteiger partial charge in [-0.2, -0.15) is 0 Å². The number of hydrogen-bond donors (Lipinski definition) is 2. The first kappa shape index (κ1) is 72.3. The summed E-state index contributed by atoms with van der Waals surface area (Å²) in [6.45, 7) is 18.5. The van der Waals surface area contributed by atoms with Crippen LogP contribution in [0.5, 0.6) is 0 Å². The van der Waals surface area contributed by atoms with Gasteiger partial charge >= 0.3 is 24.1 Å². The Morgan fingerprint density at radius 2 is 0.811 bits per heavy atom. The molecule has 8 amide bonds. The van der Waals surface area contributed by atoms with Gasteiger partial charge in [0.1, 0.15) is 0 Å². The van der Waals surface area contributed by atoms with E-state index in [4.69, 9.17) is 19.9 Å². The van der Waals surface area contributed by atoms with E-state index in [0.29, 0.717) is 17.7 Å². The third-order valence-corrected chi connectivity index (χ3v) is 23.5. The van der Waals surface area contributed by atoms with Crippen molar-refractivity contribution in [3.8, 4) is 45.0 Å². The van der Waals surface area contributed by atoms with E-state index >= 15 is 0 Å². The summed E-state index contributed by atoms with van der Waals surface area (Å²) in [7, 11) is 6.14. The van der Waals surface area contributed by atoms with E-state index in [1.54, 1.807) is 23.5 Å². The van der Waals surface area contributed by atoms with Crippen molar-refractivity contribution in [1.29, 1.82) is 0 Å². The molecule has 0 spiro atoms. The summed E-state index contributed by atoms with van der Waals surface area (Å²) >= 11 is 0. The Balaban J connectivity index is 0.000000108. The van der Waals surface area contributed by atoms with E-state index in [9.17, 15) is 19.2 Å². The zero-order chi connectivity index (χ0) is 76.0. The van der Waals surface area contributed by atoms with Gasteiger partial charge in [0.25, 0.3) is 0 Å². The number of carbonyl (C=O) groups excluding carboxylic acids is 4. The van der Waals surface area contributed by atoms with Crippen LogP contribution in [0.3, 0.4) is 0 Å². The minimum atomic E-state index is -0.227. The number of hydrogen-bond acceptors (Lipinski definition) is 19. The molecule has 1 saturated carbocycles. The molecule has 9 aromatic rings. The van der Waals surface area contributed by atoms with Gasteiger partial charge < -0.3 is 44.5 Å². The molecule has 1 aromatic carbocycles. The smallest absolute Gasteiger partial charge is 0.329 e. The van der Waals surface area contributed by atoms with Crippen LogP contribution in [0, 0.1) is 20.8 Å². The van der Waals surface area contributed by atoms with Crippen LogP contribution >= 0.6 is 0 Å². The van der Waals surface area contributed by atoms with Crippen molar-refractivity contribution in [3.63, 3.8) is 0 Å². The molecule has 8 aromatic heterocycles. The lowest BCUT2D eigenvalue weighted by atomic mass is 10.1. The third-order valence-electron chi connectivity index (χ3n) is 23.5. The number of nitrogens with one attached hydrogen (secondary N) is 2. The number of piperazine rings is 1. The SMILES string of the molecule is CN(C)c1cccc(-c2ccc3c(n2)N(C(=O)Nc2cnccn2)[C@H]2CCN3C2)c1.Cc1cc(-c2ccc3c(n2)N(C(=O)N2CCCC2)[C@H]2CCN3C2)ccn1.Cc1cc(-c2ccc3c(n2)N(C(=O)N2CCN(C)CC2)[C@H]2CCN3C2)ccn1.Cc1cc(-c2ccc3c(n2)N(C(=O)NC2CCCC2)[C@H]2CCN3C2)ccn1. The molecule has 8 bridgehead atoms. The maximum atomic E-state index is 13.5. The average molecular weight is 1490 g/mol. The van der Waals surface area contributed by atoms with Crippen LogP contribution < -0.4 is 54.7 Å². The van der Waals surface area contributed by atoms with Crippen LogP contribution in [-0.2, 0) is 0 Å². The maximum absolute atomic E-state index is 13.5. The van der Waals surface area contributed by atoms with E-state index < -0.39 is 0 Å². The van der Waals surface area contributed by atoms with Crippen LogP contribution in [0.15, 0.2) is 146 Å². The molecule has 11 aliphatic rings.